The standard InChI is InChI=1S/3C6H5.Bi.2H2O/c3*1-2-4-6-5-3-1;;;/h3*1-5H;;2*1H2/q;;;+2;;/p-2. The molecule has 0 saturated heterocycles. The zero-order valence-electron chi connectivity index (χ0n) is 11.5. The van der Waals surface area contributed by atoms with Crippen LogP contribution in [0.25, 0.3) is 0 Å². The minimum absolute atomic E-state index is 0. The molecule has 3 rings (SSSR count). The molecule has 3 aromatic rings. The molecule has 3 heteroatoms. The normalized spacial score (nSPS) is 6.86. The molecule has 0 spiro atoms. The molecular formula is C18H17BiO2. The van der Waals surface area contributed by atoms with Crippen molar-refractivity contribution >= 4 is 26.2 Å². The fourth-order valence-electron chi connectivity index (χ4n) is 1.03. The molecule has 2 nitrogen and oxygen atoms in total. The molecule has 6 radical (unpaired) electrons. The Morgan fingerprint density at radius 2 is 0.524 bits per heavy atom. The van der Waals surface area contributed by atoms with Crippen LogP contribution in [0.3, 0.4) is 0 Å². The molecule has 0 atom stereocenters. The number of rotatable bonds is 0. The molecule has 3 aromatic carbocycles. The van der Waals surface area contributed by atoms with Gasteiger partial charge in [-0.1, -0.05) is 91.0 Å². The first kappa shape index (κ1) is 24.5. The van der Waals surface area contributed by atoms with E-state index in [1.165, 1.54) is 0 Å². The van der Waals surface area contributed by atoms with Gasteiger partial charge >= 0.3 is 26.2 Å². The maximum atomic E-state index is 2.89. The van der Waals surface area contributed by atoms with Crippen LogP contribution in [0.5, 0.6) is 0 Å². The number of hydrogen-bond donors (Lipinski definition) is 0. The second kappa shape index (κ2) is 20.8. The van der Waals surface area contributed by atoms with Crippen molar-refractivity contribution in [1.29, 1.82) is 0 Å². The van der Waals surface area contributed by atoms with E-state index in [4.69, 9.17) is 0 Å². The van der Waals surface area contributed by atoms with Gasteiger partial charge < -0.3 is 11.0 Å². The summed E-state index contributed by atoms with van der Waals surface area (Å²) in [5, 5.41) is 0. The van der Waals surface area contributed by atoms with Gasteiger partial charge in [0.2, 0.25) is 0 Å². The van der Waals surface area contributed by atoms with Crippen LogP contribution in [0, 0.1) is 18.2 Å². The van der Waals surface area contributed by atoms with Gasteiger partial charge in [-0.2, -0.15) is 0 Å². The van der Waals surface area contributed by atoms with Crippen molar-refractivity contribution < 1.29 is 11.0 Å². The van der Waals surface area contributed by atoms with Gasteiger partial charge in [0.1, 0.15) is 0 Å². The van der Waals surface area contributed by atoms with Crippen molar-refractivity contribution in [3.05, 3.63) is 109 Å². The van der Waals surface area contributed by atoms with Crippen molar-refractivity contribution in [2.45, 2.75) is 0 Å². The Morgan fingerprint density at radius 1 is 0.333 bits per heavy atom. The summed E-state index contributed by atoms with van der Waals surface area (Å²) in [6.45, 7) is 0. The minimum Gasteiger partial charge on any atom is -0.870 e. The van der Waals surface area contributed by atoms with E-state index in [1.54, 1.807) is 0 Å². The van der Waals surface area contributed by atoms with Crippen molar-refractivity contribution in [3.8, 4) is 0 Å². The molecule has 0 aliphatic rings. The second-order valence-corrected chi connectivity index (χ2v) is 3.23. The third kappa shape index (κ3) is 18.5. The van der Waals surface area contributed by atoms with Gasteiger partial charge in [0.05, 0.1) is 0 Å². The zero-order valence-corrected chi connectivity index (χ0v) is 15.0. The molecule has 0 aliphatic heterocycles. The van der Waals surface area contributed by atoms with E-state index in [1.807, 2.05) is 91.0 Å². The minimum atomic E-state index is 0. The Labute approximate surface area is 146 Å². The van der Waals surface area contributed by atoms with E-state index in [2.05, 4.69) is 18.2 Å². The Kier molecular flexibility index (Phi) is 24.2. The van der Waals surface area contributed by atoms with Gasteiger partial charge in [0.15, 0.2) is 0 Å². The van der Waals surface area contributed by atoms with E-state index in [-0.39, 0.29) is 37.2 Å². The summed E-state index contributed by atoms with van der Waals surface area (Å²) < 4.78 is 0. The van der Waals surface area contributed by atoms with Crippen LogP contribution in [-0.4, -0.2) is 37.2 Å². The van der Waals surface area contributed by atoms with Crippen LogP contribution < -0.4 is 0 Å². The first-order chi connectivity index (χ1) is 9.00. The summed E-state index contributed by atoms with van der Waals surface area (Å²) in [5.41, 5.74) is 0. The molecule has 0 aromatic heterocycles. The van der Waals surface area contributed by atoms with Crippen molar-refractivity contribution in [2.24, 2.45) is 0 Å². The van der Waals surface area contributed by atoms with E-state index in [0.29, 0.717) is 0 Å². The predicted octanol–water partition coefficient (Wildman–Crippen LogP) is 3.73. The predicted molar refractivity (Wildman–Crippen MR) is 85.5 cm³/mol. The Balaban J connectivity index is -0.000000216. The molecular weight excluding hydrogens is 457 g/mol. The zero-order chi connectivity index (χ0) is 12.7. The number of hydrogen-bond acceptors (Lipinski definition) is 2. The second-order valence-electron chi connectivity index (χ2n) is 3.23. The summed E-state index contributed by atoms with van der Waals surface area (Å²) in [7, 11) is 0. The van der Waals surface area contributed by atoms with Crippen LogP contribution in [0.15, 0.2) is 91.0 Å². The van der Waals surface area contributed by atoms with Crippen LogP contribution in [0.1, 0.15) is 0 Å². The van der Waals surface area contributed by atoms with E-state index in [0.717, 1.165) is 0 Å². The molecule has 0 heterocycles. The first-order valence-corrected chi connectivity index (χ1v) is 5.73. The molecule has 21 heavy (non-hydrogen) atoms. The monoisotopic (exact) mass is 474 g/mol. The summed E-state index contributed by atoms with van der Waals surface area (Å²) in [6, 6.07) is 37.5. The molecule has 2 N–H and O–H groups in total. The summed E-state index contributed by atoms with van der Waals surface area (Å²) in [4.78, 5) is 0. The topological polar surface area (TPSA) is 60.0 Å². The molecule has 0 aliphatic carbocycles. The average molecular weight is 474 g/mol. The van der Waals surface area contributed by atoms with E-state index < -0.39 is 0 Å². The SMILES string of the molecule is [Bi+2].[OH-].[OH-].[c]1ccccc1.[c]1ccccc1.[c]1ccccc1. The van der Waals surface area contributed by atoms with Crippen molar-refractivity contribution in [1.82, 2.24) is 0 Å². The third-order valence-corrected chi connectivity index (χ3v) is 1.82. The maximum absolute atomic E-state index is 2.89. The maximum Gasteiger partial charge on any atom is 2.00 e. The van der Waals surface area contributed by atoms with Crippen LogP contribution >= 0.6 is 0 Å². The van der Waals surface area contributed by atoms with E-state index >= 15 is 0 Å². The van der Waals surface area contributed by atoms with Gasteiger partial charge in [-0.25, -0.2) is 0 Å². The Morgan fingerprint density at radius 3 is 0.571 bits per heavy atom. The molecule has 0 bridgehead atoms. The quantitative estimate of drug-likeness (QED) is 0.467. The molecule has 0 amide bonds. The van der Waals surface area contributed by atoms with Gasteiger partial charge in [-0.3, -0.25) is 0 Å². The fraction of sp³-hybridized carbons (Fsp3) is 0. The first-order valence-electron chi connectivity index (χ1n) is 5.73. The van der Waals surface area contributed by atoms with Gasteiger partial charge in [0.25, 0.3) is 0 Å². The van der Waals surface area contributed by atoms with Gasteiger partial charge in [-0.05, 0) is 18.2 Å². The smallest absolute Gasteiger partial charge is 0.870 e. The molecule has 0 unspecified atom stereocenters. The molecule has 106 valence electrons. The molecule has 0 saturated carbocycles. The molecule has 0 fully saturated rings. The Hall–Kier alpha value is -1.54. The fourth-order valence-corrected chi connectivity index (χ4v) is 1.03. The summed E-state index contributed by atoms with van der Waals surface area (Å²) >= 11 is 0. The van der Waals surface area contributed by atoms with Crippen LogP contribution in [-0.2, 0) is 0 Å². The largest absolute Gasteiger partial charge is 2.00 e. The van der Waals surface area contributed by atoms with E-state index in [9.17, 15) is 0 Å². The van der Waals surface area contributed by atoms with Crippen LogP contribution in [0.2, 0.25) is 0 Å². The van der Waals surface area contributed by atoms with Crippen molar-refractivity contribution in [2.75, 3.05) is 0 Å². The Bertz CT molecular complexity index is 306. The third-order valence-electron chi connectivity index (χ3n) is 1.82. The van der Waals surface area contributed by atoms with Crippen molar-refractivity contribution in [3.63, 3.8) is 0 Å². The van der Waals surface area contributed by atoms with Gasteiger partial charge in [-0.15, -0.1) is 0 Å². The van der Waals surface area contributed by atoms with Gasteiger partial charge in [0, 0.05) is 0 Å². The number of benzene rings is 3. The average Bonchev–Trinajstić information content (AvgIpc) is 2.54. The van der Waals surface area contributed by atoms with Crippen LogP contribution in [0.4, 0.5) is 0 Å². The summed E-state index contributed by atoms with van der Waals surface area (Å²) in [5.74, 6) is 0. The summed E-state index contributed by atoms with van der Waals surface area (Å²) in [6.07, 6.45) is 0.